The van der Waals surface area contributed by atoms with Crippen molar-refractivity contribution in [3.05, 3.63) is 0 Å². The van der Waals surface area contributed by atoms with Crippen LogP contribution in [0.2, 0.25) is 0 Å². The first-order valence-corrected chi connectivity index (χ1v) is 6.51. The molecule has 0 saturated heterocycles. The highest BCUT2D eigenvalue weighted by Crippen LogP contribution is 2.04. The summed E-state index contributed by atoms with van der Waals surface area (Å²) >= 11 is 1.94. The SMILES string of the molecule is CCOCCSCCC1=NCCCN1. The van der Waals surface area contributed by atoms with Gasteiger partial charge in [0.2, 0.25) is 0 Å². The van der Waals surface area contributed by atoms with E-state index in [1.165, 1.54) is 12.3 Å². The van der Waals surface area contributed by atoms with Gasteiger partial charge in [-0.3, -0.25) is 4.99 Å². The summed E-state index contributed by atoms with van der Waals surface area (Å²) in [5, 5.41) is 3.33. The van der Waals surface area contributed by atoms with Crippen molar-refractivity contribution < 1.29 is 4.74 Å². The lowest BCUT2D eigenvalue weighted by atomic mass is 10.3. The van der Waals surface area contributed by atoms with Gasteiger partial charge < -0.3 is 10.1 Å². The Balaban J connectivity index is 1.90. The third-order valence-corrected chi connectivity index (χ3v) is 2.97. The number of rotatable bonds is 7. The number of ether oxygens (including phenoxy) is 1. The smallest absolute Gasteiger partial charge is 0.0971 e. The lowest BCUT2D eigenvalue weighted by molar-refractivity contribution is 0.164. The monoisotopic (exact) mass is 216 g/mol. The van der Waals surface area contributed by atoms with Gasteiger partial charge in [-0.2, -0.15) is 11.8 Å². The van der Waals surface area contributed by atoms with Crippen LogP contribution in [0.1, 0.15) is 19.8 Å². The van der Waals surface area contributed by atoms with Crippen LogP contribution in [0.3, 0.4) is 0 Å². The molecule has 14 heavy (non-hydrogen) atoms. The quantitative estimate of drug-likeness (QED) is 0.655. The van der Waals surface area contributed by atoms with Crippen LogP contribution in [0.5, 0.6) is 0 Å². The van der Waals surface area contributed by atoms with E-state index < -0.39 is 0 Å². The Hall–Kier alpha value is -0.220. The van der Waals surface area contributed by atoms with Gasteiger partial charge in [-0.1, -0.05) is 0 Å². The largest absolute Gasteiger partial charge is 0.381 e. The van der Waals surface area contributed by atoms with E-state index in [9.17, 15) is 0 Å². The van der Waals surface area contributed by atoms with Crippen LogP contribution < -0.4 is 5.32 Å². The van der Waals surface area contributed by atoms with E-state index in [0.29, 0.717) is 0 Å². The minimum atomic E-state index is 0.828. The van der Waals surface area contributed by atoms with E-state index in [1.54, 1.807) is 0 Å². The molecule has 0 fully saturated rings. The van der Waals surface area contributed by atoms with Crippen molar-refractivity contribution in [2.75, 3.05) is 37.8 Å². The second-order valence-corrected chi connectivity index (χ2v) is 4.39. The van der Waals surface area contributed by atoms with Crippen molar-refractivity contribution in [3.63, 3.8) is 0 Å². The van der Waals surface area contributed by atoms with Gasteiger partial charge >= 0.3 is 0 Å². The third kappa shape index (κ3) is 5.50. The normalized spacial score (nSPS) is 16.2. The maximum Gasteiger partial charge on any atom is 0.0971 e. The van der Waals surface area contributed by atoms with Gasteiger partial charge in [-0.25, -0.2) is 0 Å². The predicted molar refractivity (Wildman–Crippen MR) is 63.4 cm³/mol. The molecule has 3 nitrogen and oxygen atoms in total. The molecule has 0 spiro atoms. The van der Waals surface area contributed by atoms with Crippen LogP contribution in [-0.4, -0.2) is 43.6 Å². The predicted octanol–water partition coefficient (Wildman–Crippen LogP) is 1.54. The lowest BCUT2D eigenvalue weighted by Gasteiger charge is -2.13. The Labute approximate surface area is 90.7 Å². The Morgan fingerprint density at radius 2 is 2.43 bits per heavy atom. The molecular weight excluding hydrogens is 196 g/mol. The molecule has 1 rings (SSSR count). The second kappa shape index (κ2) is 8.12. The number of thioether (sulfide) groups is 1. The summed E-state index contributed by atoms with van der Waals surface area (Å²) in [6, 6.07) is 0. The highest BCUT2D eigenvalue weighted by atomic mass is 32.2. The van der Waals surface area contributed by atoms with Gasteiger partial charge in [0.15, 0.2) is 0 Å². The number of hydrogen-bond acceptors (Lipinski definition) is 4. The van der Waals surface area contributed by atoms with Crippen molar-refractivity contribution in [1.29, 1.82) is 0 Å². The van der Waals surface area contributed by atoms with E-state index in [4.69, 9.17) is 4.74 Å². The van der Waals surface area contributed by atoms with Crippen molar-refractivity contribution in [2.24, 2.45) is 4.99 Å². The minimum absolute atomic E-state index is 0.828. The molecule has 0 aromatic heterocycles. The highest BCUT2D eigenvalue weighted by Gasteiger charge is 2.02. The van der Waals surface area contributed by atoms with Crippen LogP contribution in [0.15, 0.2) is 4.99 Å². The maximum atomic E-state index is 5.26. The first-order valence-electron chi connectivity index (χ1n) is 5.36. The number of aliphatic imine (C=N–C) groups is 1. The average Bonchev–Trinajstić information content (AvgIpc) is 2.25. The third-order valence-electron chi connectivity index (χ3n) is 2.03. The van der Waals surface area contributed by atoms with Crippen LogP contribution >= 0.6 is 11.8 Å². The topological polar surface area (TPSA) is 33.6 Å². The zero-order chi connectivity index (χ0) is 10.1. The maximum absolute atomic E-state index is 5.26. The molecule has 1 aliphatic rings. The minimum Gasteiger partial charge on any atom is -0.381 e. The van der Waals surface area contributed by atoms with E-state index in [1.807, 2.05) is 18.7 Å². The van der Waals surface area contributed by atoms with Crippen LogP contribution in [-0.2, 0) is 4.74 Å². The first kappa shape index (κ1) is 11.9. The zero-order valence-electron chi connectivity index (χ0n) is 8.92. The first-order chi connectivity index (χ1) is 6.93. The molecule has 0 unspecified atom stereocenters. The molecule has 0 aromatic rings. The van der Waals surface area contributed by atoms with Crippen molar-refractivity contribution >= 4 is 17.6 Å². The molecule has 0 bridgehead atoms. The van der Waals surface area contributed by atoms with Crippen molar-refractivity contribution in [2.45, 2.75) is 19.8 Å². The Morgan fingerprint density at radius 3 is 3.14 bits per heavy atom. The highest BCUT2D eigenvalue weighted by molar-refractivity contribution is 7.99. The van der Waals surface area contributed by atoms with E-state index in [-0.39, 0.29) is 0 Å². The fourth-order valence-corrected chi connectivity index (χ4v) is 2.06. The molecule has 0 aliphatic carbocycles. The summed E-state index contributed by atoms with van der Waals surface area (Å²) in [5.74, 6) is 3.44. The van der Waals surface area contributed by atoms with E-state index in [0.717, 1.165) is 44.2 Å². The molecule has 0 saturated carbocycles. The number of nitrogens with zero attached hydrogens (tertiary/aromatic N) is 1. The number of hydrogen-bond donors (Lipinski definition) is 1. The van der Waals surface area contributed by atoms with Crippen LogP contribution in [0.25, 0.3) is 0 Å². The van der Waals surface area contributed by atoms with Gasteiger partial charge in [0.25, 0.3) is 0 Å². The molecule has 0 radical (unpaired) electrons. The van der Waals surface area contributed by atoms with Gasteiger partial charge in [0.1, 0.15) is 0 Å². The molecule has 82 valence electrons. The fourth-order valence-electron chi connectivity index (χ4n) is 1.28. The van der Waals surface area contributed by atoms with Crippen molar-refractivity contribution in [3.8, 4) is 0 Å². The summed E-state index contributed by atoms with van der Waals surface area (Å²) < 4.78 is 5.26. The summed E-state index contributed by atoms with van der Waals surface area (Å²) in [6.45, 7) is 5.84. The average molecular weight is 216 g/mol. The number of amidine groups is 1. The Bertz CT molecular complexity index is 174. The van der Waals surface area contributed by atoms with Crippen LogP contribution in [0, 0.1) is 0 Å². The van der Waals surface area contributed by atoms with Crippen LogP contribution in [0.4, 0.5) is 0 Å². The molecule has 0 amide bonds. The Morgan fingerprint density at radius 1 is 1.50 bits per heavy atom. The van der Waals surface area contributed by atoms with E-state index in [2.05, 4.69) is 10.3 Å². The Kier molecular flexibility index (Phi) is 6.87. The molecule has 1 aliphatic heterocycles. The molecule has 0 atom stereocenters. The molecule has 0 aromatic carbocycles. The van der Waals surface area contributed by atoms with Gasteiger partial charge in [-0.15, -0.1) is 0 Å². The number of nitrogens with one attached hydrogen (secondary N) is 1. The zero-order valence-corrected chi connectivity index (χ0v) is 9.74. The molecule has 1 N–H and O–H groups in total. The van der Waals surface area contributed by atoms with Gasteiger partial charge in [0.05, 0.1) is 12.4 Å². The summed E-state index contributed by atoms with van der Waals surface area (Å²) in [6.07, 6.45) is 2.26. The summed E-state index contributed by atoms with van der Waals surface area (Å²) in [7, 11) is 0. The summed E-state index contributed by atoms with van der Waals surface area (Å²) in [4.78, 5) is 4.42. The summed E-state index contributed by atoms with van der Waals surface area (Å²) in [5.41, 5.74) is 0. The van der Waals surface area contributed by atoms with E-state index >= 15 is 0 Å². The lowest BCUT2D eigenvalue weighted by Crippen LogP contribution is -2.29. The second-order valence-electron chi connectivity index (χ2n) is 3.17. The van der Waals surface area contributed by atoms with Gasteiger partial charge in [0, 0.05) is 37.6 Å². The molecule has 4 heteroatoms. The van der Waals surface area contributed by atoms with Gasteiger partial charge in [-0.05, 0) is 13.3 Å². The fraction of sp³-hybridized carbons (Fsp3) is 0.900. The van der Waals surface area contributed by atoms with Crippen molar-refractivity contribution in [1.82, 2.24) is 5.32 Å². The standard InChI is InChI=1S/C10H20N2OS/c1-2-13-7-9-14-8-4-10-11-5-3-6-12-10/h2-9H2,1H3,(H,11,12). The molecule has 1 heterocycles. The molecular formula is C10H20N2OS.